The highest BCUT2D eigenvalue weighted by Gasteiger charge is 2.15. The molecule has 1 heterocycles. The van der Waals surface area contributed by atoms with E-state index in [1.807, 2.05) is 11.8 Å². The van der Waals surface area contributed by atoms with Gasteiger partial charge in [-0.25, -0.2) is 4.39 Å². The van der Waals surface area contributed by atoms with E-state index < -0.39 is 5.82 Å². The van der Waals surface area contributed by atoms with Crippen molar-refractivity contribution in [3.05, 3.63) is 35.1 Å². The van der Waals surface area contributed by atoms with Crippen LogP contribution in [0, 0.1) is 5.82 Å². The lowest BCUT2D eigenvalue weighted by molar-refractivity contribution is 0.318. The van der Waals surface area contributed by atoms with Crippen molar-refractivity contribution < 1.29 is 9.60 Å². The highest BCUT2D eigenvalue weighted by atomic mass is 32.2. The topological polar surface area (TPSA) is 70.6 Å². The lowest BCUT2D eigenvalue weighted by Gasteiger charge is -2.22. The zero-order valence-corrected chi connectivity index (χ0v) is 11.4. The molecule has 0 saturated carbocycles. The molecule has 1 aliphatic rings. The average molecular weight is 283 g/mol. The highest BCUT2D eigenvalue weighted by Crippen LogP contribution is 2.18. The Labute approximate surface area is 116 Å². The first kappa shape index (κ1) is 14.1. The standard InChI is InChI=1S/C13H18FN3OS/c14-12-9(3-1-5-11(12)13(15)17-18)7-16-10-4-2-6-19-8-10/h1,3,5,10,16,18H,2,4,6-8H2,(H2,15,17). The summed E-state index contributed by atoms with van der Waals surface area (Å²) in [5.41, 5.74) is 6.12. The monoisotopic (exact) mass is 283 g/mol. The van der Waals surface area contributed by atoms with Gasteiger partial charge in [-0.15, -0.1) is 0 Å². The van der Waals surface area contributed by atoms with Crippen LogP contribution in [0.15, 0.2) is 23.4 Å². The van der Waals surface area contributed by atoms with Crippen molar-refractivity contribution in [3.63, 3.8) is 0 Å². The molecule has 4 nitrogen and oxygen atoms in total. The Morgan fingerprint density at radius 3 is 3.11 bits per heavy atom. The maximum absolute atomic E-state index is 14.1. The van der Waals surface area contributed by atoms with Gasteiger partial charge in [0.25, 0.3) is 0 Å². The van der Waals surface area contributed by atoms with Crippen LogP contribution in [0.2, 0.25) is 0 Å². The van der Waals surface area contributed by atoms with Gasteiger partial charge in [0.2, 0.25) is 0 Å². The number of halogens is 1. The van der Waals surface area contributed by atoms with E-state index in [9.17, 15) is 4.39 Å². The number of amidine groups is 1. The number of rotatable bonds is 4. The molecule has 6 heteroatoms. The van der Waals surface area contributed by atoms with Crippen molar-refractivity contribution in [2.75, 3.05) is 11.5 Å². The molecule has 0 aromatic heterocycles. The van der Waals surface area contributed by atoms with Crippen molar-refractivity contribution in [3.8, 4) is 0 Å². The molecule has 1 aromatic carbocycles. The minimum absolute atomic E-state index is 0.139. The SMILES string of the molecule is N/C(=N/O)c1cccc(CNC2CCCSC2)c1F. The maximum atomic E-state index is 14.1. The van der Waals surface area contributed by atoms with Crippen LogP contribution in [0.1, 0.15) is 24.0 Å². The molecule has 1 fully saturated rings. The Morgan fingerprint density at radius 1 is 1.58 bits per heavy atom. The third kappa shape index (κ3) is 3.61. The Bertz CT molecular complexity index is 461. The molecule has 1 aromatic rings. The molecular weight excluding hydrogens is 265 g/mol. The zero-order valence-electron chi connectivity index (χ0n) is 10.6. The summed E-state index contributed by atoms with van der Waals surface area (Å²) in [6.07, 6.45) is 2.34. The first-order valence-electron chi connectivity index (χ1n) is 6.28. The zero-order chi connectivity index (χ0) is 13.7. The van der Waals surface area contributed by atoms with E-state index in [-0.39, 0.29) is 11.4 Å². The molecule has 0 radical (unpaired) electrons. The van der Waals surface area contributed by atoms with Crippen LogP contribution < -0.4 is 11.1 Å². The molecule has 0 amide bonds. The van der Waals surface area contributed by atoms with Gasteiger partial charge in [-0.2, -0.15) is 11.8 Å². The van der Waals surface area contributed by atoms with Crippen molar-refractivity contribution in [2.24, 2.45) is 10.9 Å². The minimum atomic E-state index is -0.422. The lowest BCUT2D eigenvalue weighted by atomic mass is 10.1. The second-order valence-electron chi connectivity index (χ2n) is 4.56. The summed E-state index contributed by atoms with van der Waals surface area (Å²) in [5, 5.41) is 14.8. The van der Waals surface area contributed by atoms with Gasteiger partial charge < -0.3 is 16.3 Å². The van der Waals surface area contributed by atoms with Gasteiger partial charge in [0.1, 0.15) is 5.82 Å². The van der Waals surface area contributed by atoms with Gasteiger partial charge in [-0.3, -0.25) is 0 Å². The van der Waals surface area contributed by atoms with Crippen molar-refractivity contribution in [1.29, 1.82) is 0 Å². The average Bonchev–Trinajstić information content (AvgIpc) is 2.46. The summed E-state index contributed by atoms with van der Waals surface area (Å²) < 4.78 is 14.1. The first-order valence-corrected chi connectivity index (χ1v) is 7.44. The molecule has 2 rings (SSSR count). The van der Waals surface area contributed by atoms with E-state index in [0.29, 0.717) is 18.2 Å². The van der Waals surface area contributed by atoms with Crippen LogP contribution >= 0.6 is 11.8 Å². The molecule has 0 bridgehead atoms. The van der Waals surface area contributed by atoms with Crippen LogP contribution in [-0.2, 0) is 6.54 Å². The summed E-state index contributed by atoms with van der Waals surface area (Å²) in [6.45, 7) is 0.462. The second-order valence-corrected chi connectivity index (χ2v) is 5.71. The molecule has 19 heavy (non-hydrogen) atoms. The van der Waals surface area contributed by atoms with E-state index >= 15 is 0 Å². The predicted octanol–water partition coefficient (Wildman–Crippen LogP) is 1.91. The Balaban J connectivity index is 2.04. The van der Waals surface area contributed by atoms with Gasteiger partial charge in [-0.1, -0.05) is 17.3 Å². The molecule has 4 N–H and O–H groups in total. The van der Waals surface area contributed by atoms with Crippen LogP contribution in [0.3, 0.4) is 0 Å². The number of benzene rings is 1. The molecule has 1 aliphatic heterocycles. The van der Waals surface area contributed by atoms with Crippen molar-refractivity contribution in [2.45, 2.75) is 25.4 Å². The predicted molar refractivity (Wildman–Crippen MR) is 76.1 cm³/mol. The Morgan fingerprint density at radius 2 is 2.42 bits per heavy atom. The Kier molecular flexibility index (Phi) is 5.04. The van der Waals surface area contributed by atoms with Gasteiger partial charge in [0.15, 0.2) is 5.84 Å². The van der Waals surface area contributed by atoms with Crippen LogP contribution in [0.25, 0.3) is 0 Å². The number of nitrogens with one attached hydrogen (secondary N) is 1. The van der Waals surface area contributed by atoms with Gasteiger partial charge in [-0.05, 0) is 24.7 Å². The lowest BCUT2D eigenvalue weighted by Crippen LogP contribution is -2.33. The number of nitrogens with two attached hydrogens (primary N) is 1. The normalized spacial score (nSPS) is 20.5. The quantitative estimate of drug-likeness (QED) is 0.342. The summed E-state index contributed by atoms with van der Waals surface area (Å²) in [7, 11) is 0. The molecule has 104 valence electrons. The third-order valence-corrected chi connectivity index (χ3v) is 4.42. The maximum Gasteiger partial charge on any atom is 0.173 e. The third-order valence-electron chi connectivity index (χ3n) is 3.20. The number of oxime groups is 1. The number of hydrogen-bond donors (Lipinski definition) is 3. The Hall–Kier alpha value is -1.27. The van der Waals surface area contributed by atoms with Gasteiger partial charge in [0.05, 0.1) is 5.56 Å². The summed E-state index contributed by atoms with van der Waals surface area (Å²) in [6, 6.07) is 5.37. The second kappa shape index (κ2) is 6.77. The van der Waals surface area contributed by atoms with Crippen LogP contribution in [0.4, 0.5) is 4.39 Å². The van der Waals surface area contributed by atoms with E-state index in [4.69, 9.17) is 10.9 Å². The van der Waals surface area contributed by atoms with Crippen molar-refractivity contribution >= 4 is 17.6 Å². The first-order chi connectivity index (χ1) is 9.22. The van der Waals surface area contributed by atoms with E-state index in [2.05, 4.69) is 10.5 Å². The number of thioether (sulfide) groups is 1. The molecule has 1 saturated heterocycles. The summed E-state index contributed by atoms with van der Waals surface area (Å²) in [4.78, 5) is 0. The number of nitrogens with zero attached hydrogens (tertiary/aromatic N) is 1. The van der Waals surface area contributed by atoms with Gasteiger partial charge in [0, 0.05) is 23.9 Å². The van der Waals surface area contributed by atoms with Crippen molar-refractivity contribution in [1.82, 2.24) is 5.32 Å². The number of hydrogen-bond acceptors (Lipinski definition) is 4. The van der Waals surface area contributed by atoms with E-state index in [0.717, 1.165) is 12.2 Å². The van der Waals surface area contributed by atoms with E-state index in [1.54, 1.807) is 12.1 Å². The summed E-state index contributed by atoms with van der Waals surface area (Å²) in [5.74, 6) is 1.66. The largest absolute Gasteiger partial charge is 0.409 e. The molecule has 0 aliphatic carbocycles. The van der Waals surface area contributed by atoms with Crippen LogP contribution in [0.5, 0.6) is 0 Å². The molecule has 0 spiro atoms. The smallest absolute Gasteiger partial charge is 0.173 e. The van der Waals surface area contributed by atoms with Gasteiger partial charge >= 0.3 is 0 Å². The molecular formula is C13H18FN3OS. The minimum Gasteiger partial charge on any atom is -0.409 e. The highest BCUT2D eigenvalue weighted by molar-refractivity contribution is 7.99. The van der Waals surface area contributed by atoms with Crippen LogP contribution in [-0.4, -0.2) is 28.6 Å². The fraction of sp³-hybridized carbons (Fsp3) is 0.462. The summed E-state index contributed by atoms with van der Waals surface area (Å²) >= 11 is 1.93. The fourth-order valence-electron chi connectivity index (χ4n) is 2.12. The fourth-order valence-corrected chi connectivity index (χ4v) is 3.23. The molecule has 1 unspecified atom stereocenters. The molecule has 1 atom stereocenters. The van der Waals surface area contributed by atoms with E-state index in [1.165, 1.54) is 18.2 Å².